The number of allylic oxidation sites excluding steroid dienone is 3. The fourth-order valence-corrected chi connectivity index (χ4v) is 2.11. The molecule has 0 saturated heterocycles. The van der Waals surface area contributed by atoms with E-state index in [-0.39, 0.29) is 5.91 Å². The third-order valence-electron chi connectivity index (χ3n) is 3.54. The van der Waals surface area contributed by atoms with Crippen LogP contribution in [0.4, 0.5) is 0 Å². The molecule has 0 radical (unpaired) electrons. The zero-order valence-corrected chi connectivity index (χ0v) is 11.9. The van der Waals surface area contributed by atoms with Gasteiger partial charge >= 0.3 is 0 Å². The van der Waals surface area contributed by atoms with Gasteiger partial charge in [-0.25, -0.2) is 5.43 Å². The highest BCUT2D eigenvalue weighted by atomic mass is 16.2. The molecule has 1 heterocycles. The van der Waals surface area contributed by atoms with Crippen LogP contribution in [0.25, 0.3) is 0 Å². The van der Waals surface area contributed by atoms with E-state index in [4.69, 9.17) is 0 Å². The topological polar surface area (TPSA) is 54.4 Å². The van der Waals surface area contributed by atoms with Gasteiger partial charge in [-0.05, 0) is 50.3 Å². The molecule has 0 fully saturated rings. The summed E-state index contributed by atoms with van der Waals surface area (Å²) < 4.78 is 0. The number of amides is 1. The van der Waals surface area contributed by atoms with Crippen LogP contribution in [0.2, 0.25) is 0 Å². The van der Waals surface area contributed by atoms with Gasteiger partial charge in [0.25, 0.3) is 5.91 Å². The molecule has 0 aliphatic heterocycles. The van der Waals surface area contributed by atoms with Gasteiger partial charge in [-0.1, -0.05) is 18.2 Å². The van der Waals surface area contributed by atoms with Gasteiger partial charge < -0.3 is 0 Å². The van der Waals surface area contributed by atoms with Crippen LogP contribution in [0.3, 0.4) is 0 Å². The first kappa shape index (κ1) is 14.2. The molecule has 4 nitrogen and oxygen atoms in total. The molecular weight excluding hydrogens is 250 g/mol. The summed E-state index contributed by atoms with van der Waals surface area (Å²) in [5.41, 5.74) is 6.36. The van der Waals surface area contributed by atoms with Crippen molar-refractivity contribution in [3.05, 3.63) is 53.9 Å². The average molecular weight is 269 g/mol. The van der Waals surface area contributed by atoms with Gasteiger partial charge in [0.15, 0.2) is 0 Å². The van der Waals surface area contributed by atoms with Gasteiger partial charge in [0.05, 0.1) is 5.71 Å². The number of hydrazone groups is 1. The van der Waals surface area contributed by atoms with Crippen LogP contribution in [0.5, 0.6) is 0 Å². The van der Waals surface area contributed by atoms with Crippen molar-refractivity contribution in [2.24, 2.45) is 11.0 Å². The predicted molar refractivity (Wildman–Crippen MR) is 80.4 cm³/mol. The molecule has 0 saturated carbocycles. The van der Waals surface area contributed by atoms with Crippen LogP contribution in [-0.2, 0) is 0 Å². The molecule has 1 aromatic heterocycles. The normalized spacial score (nSPS) is 20.4. The van der Waals surface area contributed by atoms with E-state index in [0.29, 0.717) is 11.5 Å². The van der Waals surface area contributed by atoms with Gasteiger partial charge in [0, 0.05) is 18.0 Å². The Morgan fingerprint density at radius 2 is 2.15 bits per heavy atom. The smallest absolute Gasteiger partial charge is 0.267 e. The van der Waals surface area contributed by atoms with Gasteiger partial charge in [0.1, 0.15) is 0 Å². The number of rotatable bonds is 3. The minimum Gasteiger partial charge on any atom is -0.267 e. The summed E-state index contributed by atoms with van der Waals surface area (Å²) in [7, 11) is 0. The van der Waals surface area contributed by atoms with E-state index in [0.717, 1.165) is 29.7 Å². The number of nitrogens with one attached hydrogen (secondary N) is 1. The number of aromatic nitrogens is 1. The molecule has 1 unspecified atom stereocenters. The highest BCUT2D eigenvalue weighted by Crippen LogP contribution is 2.26. The van der Waals surface area contributed by atoms with Crippen molar-refractivity contribution in [2.45, 2.75) is 26.7 Å². The van der Waals surface area contributed by atoms with Crippen LogP contribution in [0.15, 0.2) is 53.4 Å². The standard InChI is InChI=1S/C16H19N3O/c1-11(2)14-5-4-12(3)15(10-14)18-19-16(20)13-6-8-17-9-7-13/h4,6-9,14H,1,5,10H2,2-3H3,(H,19,20)/b18-15-. The van der Waals surface area contributed by atoms with Crippen molar-refractivity contribution in [1.29, 1.82) is 0 Å². The largest absolute Gasteiger partial charge is 0.271 e. The first-order valence-electron chi connectivity index (χ1n) is 6.67. The molecule has 0 bridgehead atoms. The van der Waals surface area contributed by atoms with E-state index in [9.17, 15) is 4.79 Å². The molecule has 1 aliphatic carbocycles. The molecule has 20 heavy (non-hydrogen) atoms. The fraction of sp³-hybridized carbons (Fsp3) is 0.312. The third kappa shape index (κ3) is 3.41. The number of pyridine rings is 1. The first-order chi connectivity index (χ1) is 9.58. The van der Waals surface area contributed by atoms with Gasteiger partial charge in [0.2, 0.25) is 0 Å². The van der Waals surface area contributed by atoms with E-state index >= 15 is 0 Å². The maximum absolute atomic E-state index is 11.9. The molecular formula is C16H19N3O. The van der Waals surface area contributed by atoms with Gasteiger partial charge in [-0.3, -0.25) is 9.78 Å². The molecule has 4 heteroatoms. The molecule has 0 spiro atoms. The number of nitrogens with zero attached hydrogens (tertiary/aromatic N) is 2. The van der Waals surface area contributed by atoms with E-state index in [2.05, 4.69) is 28.2 Å². The van der Waals surface area contributed by atoms with E-state index in [1.807, 2.05) is 13.8 Å². The van der Waals surface area contributed by atoms with Crippen molar-refractivity contribution in [1.82, 2.24) is 10.4 Å². The Balaban J connectivity index is 2.07. The van der Waals surface area contributed by atoms with E-state index < -0.39 is 0 Å². The quantitative estimate of drug-likeness (QED) is 0.677. The van der Waals surface area contributed by atoms with Crippen LogP contribution >= 0.6 is 0 Å². The minimum absolute atomic E-state index is 0.217. The molecule has 1 aromatic rings. The zero-order chi connectivity index (χ0) is 14.5. The van der Waals surface area contributed by atoms with Crippen LogP contribution in [0.1, 0.15) is 37.0 Å². The van der Waals surface area contributed by atoms with Crippen LogP contribution in [0, 0.1) is 5.92 Å². The Hall–Kier alpha value is -2.23. The molecule has 104 valence electrons. The number of carbonyl (C=O) groups is 1. The summed E-state index contributed by atoms with van der Waals surface area (Å²) >= 11 is 0. The lowest BCUT2D eigenvalue weighted by Gasteiger charge is -2.22. The molecule has 1 atom stereocenters. The summed E-state index contributed by atoms with van der Waals surface area (Å²) in [6, 6.07) is 3.32. The summed E-state index contributed by atoms with van der Waals surface area (Å²) in [6.07, 6.45) is 7.16. The molecule has 1 amide bonds. The highest BCUT2D eigenvalue weighted by Gasteiger charge is 2.18. The second-order valence-corrected chi connectivity index (χ2v) is 5.11. The Morgan fingerprint density at radius 3 is 2.80 bits per heavy atom. The number of carbonyl (C=O) groups excluding carboxylic acids is 1. The Kier molecular flexibility index (Phi) is 4.45. The van der Waals surface area contributed by atoms with E-state index in [1.165, 1.54) is 0 Å². The fourth-order valence-electron chi connectivity index (χ4n) is 2.11. The second-order valence-electron chi connectivity index (χ2n) is 5.11. The lowest BCUT2D eigenvalue weighted by Crippen LogP contribution is -2.23. The van der Waals surface area contributed by atoms with Crippen LogP contribution < -0.4 is 5.43 Å². The minimum atomic E-state index is -0.217. The SMILES string of the molecule is C=C(C)C1CC=C(C)/C(=N\NC(=O)c2ccncc2)C1. The Bertz CT molecular complexity index is 573. The summed E-state index contributed by atoms with van der Waals surface area (Å²) in [6.45, 7) is 8.06. The van der Waals surface area contributed by atoms with Crippen molar-refractivity contribution >= 4 is 11.6 Å². The molecule has 0 aromatic carbocycles. The lowest BCUT2D eigenvalue weighted by molar-refractivity contribution is 0.0954. The molecule has 1 aliphatic rings. The molecule has 1 N–H and O–H groups in total. The first-order valence-corrected chi connectivity index (χ1v) is 6.67. The van der Waals surface area contributed by atoms with Crippen molar-refractivity contribution in [3.63, 3.8) is 0 Å². The predicted octanol–water partition coefficient (Wildman–Crippen LogP) is 3.10. The maximum Gasteiger partial charge on any atom is 0.271 e. The van der Waals surface area contributed by atoms with Crippen LogP contribution in [-0.4, -0.2) is 16.6 Å². The maximum atomic E-state index is 11.9. The lowest BCUT2D eigenvalue weighted by atomic mass is 9.85. The third-order valence-corrected chi connectivity index (χ3v) is 3.54. The van der Waals surface area contributed by atoms with Gasteiger partial charge in [-0.15, -0.1) is 0 Å². The summed E-state index contributed by atoms with van der Waals surface area (Å²) in [5.74, 6) is 0.195. The Morgan fingerprint density at radius 1 is 1.45 bits per heavy atom. The van der Waals surface area contributed by atoms with Gasteiger partial charge in [-0.2, -0.15) is 5.10 Å². The Labute approximate surface area is 119 Å². The molecule has 2 rings (SSSR count). The second kappa shape index (κ2) is 6.28. The van der Waals surface area contributed by atoms with Crippen molar-refractivity contribution in [3.8, 4) is 0 Å². The number of hydrogen-bond acceptors (Lipinski definition) is 3. The van der Waals surface area contributed by atoms with Crippen molar-refractivity contribution in [2.75, 3.05) is 0 Å². The highest BCUT2D eigenvalue weighted by molar-refractivity contribution is 6.02. The summed E-state index contributed by atoms with van der Waals surface area (Å²) in [4.78, 5) is 15.8. The van der Waals surface area contributed by atoms with E-state index in [1.54, 1.807) is 24.5 Å². The summed E-state index contributed by atoms with van der Waals surface area (Å²) in [5, 5.41) is 4.26. The number of hydrogen-bond donors (Lipinski definition) is 1. The van der Waals surface area contributed by atoms with Crippen molar-refractivity contribution < 1.29 is 4.79 Å². The zero-order valence-electron chi connectivity index (χ0n) is 11.9. The monoisotopic (exact) mass is 269 g/mol. The average Bonchev–Trinajstić information content (AvgIpc) is 2.46.